The van der Waals surface area contributed by atoms with Gasteiger partial charge in [-0.3, -0.25) is 0 Å². The fraction of sp³-hybridized carbons (Fsp3) is 0. The average molecular weight is 436 g/mol. The number of hydrogen-bond acceptors (Lipinski definition) is 0. The van der Waals surface area contributed by atoms with E-state index in [0.717, 1.165) is 0 Å². The molecule has 0 aliphatic carbocycles. The van der Waals surface area contributed by atoms with Crippen molar-refractivity contribution >= 4 is 48.6 Å². The van der Waals surface area contributed by atoms with Gasteiger partial charge in [0, 0.05) is 19.5 Å². The van der Waals surface area contributed by atoms with Crippen LogP contribution < -0.4 is 15.9 Å². The Morgan fingerprint density at radius 2 is 0.636 bits per heavy atom. The molecule has 0 N–H and O–H groups in total. The summed E-state index contributed by atoms with van der Waals surface area (Å²) >= 11 is 0. The van der Waals surface area contributed by atoms with E-state index in [1.807, 2.05) is 0 Å². The second kappa shape index (κ2) is 10.9. The maximum absolute atomic E-state index is 2.23. The zero-order valence-corrected chi connectivity index (χ0v) is 16.0. The molecule has 0 unspecified atom stereocenters. The summed E-state index contributed by atoms with van der Waals surface area (Å²) in [5, 5.41) is 4.19. The van der Waals surface area contributed by atoms with Gasteiger partial charge in [0.25, 0.3) is 0 Å². The van der Waals surface area contributed by atoms with E-state index < -0.39 is 7.92 Å². The van der Waals surface area contributed by atoms with Crippen LogP contribution in [0.1, 0.15) is 0 Å². The van der Waals surface area contributed by atoms with Crippen molar-refractivity contribution in [2.45, 2.75) is 0 Å². The molecule has 0 atom stereocenters. The van der Waals surface area contributed by atoms with Gasteiger partial charge in [-0.15, -0.1) is 24.8 Å². The summed E-state index contributed by atoms with van der Waals surface area (Å²) in [5.74, 6) is 0. The van der Waals surface area contributed by atoms with Crippen molar-refractivity contribution in [2.75, 3.05) is 0 Å². The fourth-order valence-corrected chi connectivity index (χ4v) is 4.48. The molecule has 3 aromatic rings. The van der Waals surface area contributed by atoms with Gasteiger partial charge in [0.05, 0.1) is 0 Å². The molecule has 0 saturated heterocycles. The second-order valence-electron chi connectivity index (χ2n) is 4.34. The van der Waals surface area contributed by atoms with Gasteiger partial charge in [0.15, 0.2) is 0 Å². The van der Waals surface area contributed by atoms with Crippen LogP contribution in [0, 0.1) is 0 Å². The quantitative estimate of drug-likeness (QED) is 0.425. The second-order valence-corrected chi connectivity index (χ2v) is 6.56. The van der Waals surface area contributed by atoms with Gasteiger partial charge >= 0.3 is 0 Å². The molecule has 3 rings (SSSR count). The molecule has 0 amide bonds. The van der Waals surface area contributed by atoms with E-state index in [4.69, 9.17) is 0 Å². The minimum absolute atomic E-state index is 0. The van der Waals surface area contributed by atoms with E-state index in [1.54, 1.807) is 0 Å². The van der Waals surface area contributed by atoms with Gasteiger partial charge in [-0.25, -0.2) is 0 Å². The van der Waals surface area contributed by atoms with Crippen molar-refractivity contribution in [2.24, 2.45) is 0 Å². The first-order valence-electron chi connectivity index (χ1n) is 6.40. The van der Waals surface area contributed by atoms with Crippen LogP contribution in [0.5, 0.6) is 0 Å². The van der Waals surface area contributed by atoms with Gasteiger partial charge in [0.2, 0.25) is 0 Å². The van der Waals surface area contributed by atoms with Crippen LogP contribution in [0.25, 0.3) is 0 Å². The van der Waals surface area contributed by atoms with Crippen LogP contribution >= 0.6 is 32.7 Å². The van der Waals surface area contributed by atoms with Crippen molar-refractivity contribution in [3.63, 3.8) is 0 Å². The smallest absolute Gasteiger partial charge is 0 e. The fourth-order valence-electron chi connectivity index (χ4n) is 2.18. The van der Waals surface area contributed by atoms with Crippen molar-refractivity contribution in [3.8, 4) is 0 Å². The van der Waals surface area contributed by atoms with Crippen LogP contribution in [0.15, 0.2) is 91.0 Å². The normalized spacial score (nSPS) is 9.14. The van der Waals surface area contributed by atoms with Crippen LogP contribution in [0.3, 0.4) is 0 Å². The summed E-state index contributed by atoms with van der Waals surface area (Å²) in [6, 6.07) is 32.3. The molecule has 0 aliphatic rings. The number of benzene rings is 3. The maximum Gasteiger partial charge on any atom is 0 e. The molecule has 22 heavy (non-hydrogen) atoms. The zero-order valence-electron chi connectivity index (χ0n) is 11.8. The first kappa shape index (κ1) is 21.3. The monoisotopic (exact) mass is 436 g/mol. The SMILES string of the molecule is Cl.Cl.[Ru].c1ccc(P(c2ccccc2)c2ccccc2)cc1. The largest absolute Gasteiger partial charge is 0.147 e. The van der Waals surface area contributed by atoms with Gasteiger partial charge in [-0.1, -0.05) is 91.0 Å². The Kier molecular flexibility index (Phi) is 10.6. The molecule has 3 aromatic carbocycles. The first-order chi connectivity index (χ1) is 9.45. The van der Waals surface area contributed by atoms with Crippen molar-refractivity contribution in [1.29, 1.82) is 0 Å². The van der Waals surface area contributed by atoms with E-state index in [2.05, 4.69) is 91.0 Å². The summed E-state index contributed by atoms with van der Waals surface area (Å²) < 4.78 is 0. The van der Waals surface area contributed by atoms with E-state index in [0.29, 0.717) is 0 Å². The Balaban J connectivity index is 0.00000147. The molecule has 0 bridgehead atoms. The summed E-state index contributed by atoms with van der Waals surface area (Å²) in [4.78, 5) is 0. The topological polar surface area (TPSA) is 0 Å². The third kappa shape index (κ3) is 5.18. The van der Waals surface area contributed by atoms with E-state index >= 15 is 0 Å². The Hall–Kier alpha value is -0.707. The average Bonchev–Trinajstić information content (AvgIpc) is 2.51. The first-order valence-corrected chi connectivity index (χ1v) is 7.74. The summed E-state index contributed by atoms with van der Waals surface area (Å²) in [6.07, 6.45) is 0. The van der Waals surface area contributed by atoms with Crippen LogP contribution in [0.2, 0.25) is 0 Å². The molecule has 0 radical (unpaired) electrons. The number of halogens is 2. The maximum atomic E-state index is 2.23. The van der Waals surface area contributed by atoms with E-state index in [-0.39, 0.29) is 44.3 Å². The van der Waals surface area contributed by atoms with Gasteiger partial charge < -0.3 is 0 Å². The van der Waals surface area contributed by atoms with Crippen LogP contribution in [-0.4, -0.2) is 0 Å². The van der Waals surface area contributed by atoms with Crippen LogP contribution in [-0.2, 0) is 19.5 Å². The summed E-state index contributed by atoms with van der Waals surface area (Å²) in [5.41, 5.74) is 0. The molecular weight excluding hydrogens is 419 g/mol. The Morgan fingerprint density at radius 1 is 0.409 bits per heavy atom. The molecule has 116 valence electrons. The van der Waals surface area contributed by atoms with Crippen molar-refractivity contribution in [1.82, 2.24) is 0 Å². The third-order valence-electron chi connectivity index (χ3n) is 3.04. The van der Waals surface area contributed by atoms with E-state index in [9.17, 15) is 0 Å². The molecule has 4 heteroatoms. The summed E-state index contributed by atoms with van der Waals surface area (Å²) in [7, 11) is -0.446. The molecule has 0 spiro atoms. The molecule has 0 nitrogen and oxygen atoms in total. The molecule has 0 aromatic heterocycles. The predicted octanol–water partition coefficient (Wildman–Crippen LogP) is 4.29. The molecule has 0 fully saturated rings. The van der Waals surface area contributed by atoms with Gasteiger partial charge in [-0.05, 0) is 23.8 Å². The van der Waals surface area contributed by atoms with Gasteiger partial charge in [-0.2, -0.15) is 0 Å². The summed E-state index contributed by atoms with van der Waals surface area (Å²) in [6.45, 7) is 0. The van der Waals surface area contributed by atoms with Crippen molar-refractivity contribution in [3.05, 3.63) is 91.0 Å². The molecule has 0 heterocycles. The number of rotatable bonds is 3. The predicted molar refractivity (Wildman–Crippen MR) is 99.6 cm³/mol. The molecule has 0 aliphatic heterocycles. The van der Waals surface area contributed by atoms with Crippen LogP contribution in [0.4, 0.5) is 0 Å². The molecular formula is C18H17Cl2PRu. The van der Waals surface area contributed by atoms with Gasteiger partial charge in [0.1, 0.15) is 0 Å². The third-order valence-corrected chi connectivity index (χ3v) is 5.49. The number of hydrogen-bond donors (Lipinski definition) is 0. The van der Waals surface area contributed by atoms with Crippen molar-refractivity contribution < 1.29 is 19.5 Å². The minimum atomic E-state index is -0.446. The zero-order chi connectivity index (χ0) is 12.9. The van der Waals surface area contributed by atoms with E-state index in [1.165, 1.54) is 15.9 Å². The Morgan fingerprint density at radius 3 is 0.864 bits per heavy atom. The minimum Gasteiger partial charge on any atom is -0.147 e. The Labute approximate surface area is 158 Å². The molecule has 0 saturated carbocycles. The Bertz CT molecular complexity index is 539. The standard InChI is InChI=1S/C18H15P.2ClH.Ru/c1-4-10-16(11-5-1)19(17-12-6-2-7-13-17)18-14-8-3-9-15-18;;;/h1-15H;2*1H;.